The number of rotatable bonds is 3. The molecule has 0 aromatic rings. The van der Waals surface area contributed by atoms with Crippen LogP contribution in [0.4, 0.5) is 0 Å². The molecule has 0 aliphatic carbocycles. The van der Waals surface area contributed by atoms with Crippen molar-refractivity contribution in [3.05, 3.63) is 0 Å². The highest BCUT2D eigenvalue weighted by Gasteiger charge is 2.13. The van der Waals surface area contributed by atoms with Gasteiger partial charge >= 0.3 is 5.92 Å². The molecule has 0 spiro atoms. The van der Waals surface area contributed by atoms with Gasteiger partial charge in [0.25, 0.3) is 0 Å². The lowest BCUT2D eigenvalue weighted by molar-refractivity contribution is 0.513. The van der Waals surface area contributed by atoms with Gasteiger partial charge in [-0.15, -0.1) is 0 Å². The Morgan fingerprint density at radius 2 is 2.22 bits per heavy atom. The molecule has 0 radical (unpaired) electrons. The van der Waals surface area contributed by atoms with E-state index in [-0.39, 0.29) is 0 Å². The maximum atomic E-state index is 10.4. The van der Waals surface area contributed by atoms with E-state index in [0.29, 0.717) is 11.7 Å². The van der Waals surface area contributed by atoms with Crippen LogP contribution in [-0.4, -0.2) is 10.6 Å². The fourth-order valence-electron chi connectivity index (χ4n) is 0.241. The summed E-state index contributed by atoms with van der Waals surface area (Å²) >= 11 is 5.97. The lowest BCUT2D eigenvalue weighted by atomic mass is 10.3. The Bertz CT molecular complexity index is 122. The number of hydrogen-bond acceptors (Lipinski definition) is 2. The lowest BCUT2D eigenvalue weighted by Crippen LogP contribution is -1.88. The maximum Gasteiger partial charge on any atom is 0.343 e. The number of hydrogen-bond donors (Lipinski definition) is 1. The van der Waals surface area contributed by atoms with Crippen LogP contribution in [-0.2, 0) is 4.57 Å². The molecule has 0 bridgehead atoms. The van der Waals surface area contributed by atoms with Crippen LogP contribution in [0.5, 0.6) is 0 Å². The summed E-state index contributed by atoms with van der Waals surface area (Å²) in [6.07, 6.45) is 0. The normalized spacial score (nSPS) is 17.9. The molecule has 0 fully saturated rings. The van der Waals surface area contributed by atoms with Crippen LogP contribution in [0.3, 0.4) is 0 Å². The summed E-state index contributed by atoms with van der Waals surface area (Å²) in [5.41, 5.74) is 0. The predicted molar refractivity (Wildman–Crippen MR) is 43.0 cm³/mol. The smallest absolute Gasteiger partial charge is 0.326 e. The third-order valence-electron chi connectivity index (χ3n) is 0.567. The second-order valence-electron chi connectivity index (χ2n) is 2.14. The van der Waals surface area contributed by atoms with Crippen LogP contribution >= 0.6 is 28.5 Å². The molecule has 5 heteroatoms. The molecule has 0 saturated heterocycles. The monoisotopic (exact) mass is 188 g/mol. The molecule has 0 rings (SSSR count). The molecular weight excluding hydrogens is 179 g/mol. The van der Waals surface area contributed by atoms with E-state index in [2.05, 4.69) is 0 Å². The maximum absolute atomic E-state index is 10.4. The van der Waals surface area contributed by atoms with Crippen LogP contribution in [0.15, 0.2) is 0 Å². The van der Waals surface area contributed by atoms with Crippen molar-refractivity contribution < 1.29 is 9.46 Å². The summed E-state index contributed by atoms with van der Waals surface area (Å²) < 4.78 is 10.4. The third-order valence-corrected chi connectivity index (χ3v) is 3.98. The summed E-state index contributed by atoms with van der Waals surface area (Å²) in [4.78, 5) is 8.55. The average molecular weight is 189 g/mol. The Labute approximate surface area is 64.0 Å². The Balaban J connectivity index is 3.40. The van der Waals surface area contributed by atoms with Crippen molar-refractivity contribution in [3.8, 4) is 0 Å². The third kappa shape index (κ3) is 8.83. The zero-order chi connectivity index (χ0) is 7.49. The molecule has 1 atom stereocenters. The highest BCUT2D eigenvalue weighted by Crippen LogP contribution is 2.59. The fraction of sp³-hybridized carbons (Fsp3) is 1.00. The zero-order valence-electron chi connectivity index (χ0n) is 5.37. The molecule has 0 aromatic carbocycles. The second-order valence-corrected chi connectivity index (χ2v) is 7.87. The van der Waals surface area contributed by atoms with Crippen LogP contribution in [0.25, 0.3) is 0 Å². The van der Waals surface area contributed by atoms with Crippen LogP contribution in [0.2, 0.25) is 0 Å². The first-order chi connectivity index (χ1) is 3.92. The Kier molecular flexibility index (Phi) is 4.22. The van der Waals surface area contributed by atoms with Crippen molar-refractivity contribution in [1.29, 1.82) is 0 Å². The van der Waals surface area contributed by atoms with Gasteiger partial charge in [0, 0.05) is 5.75 Å². The predicted octanol–water partition coefficient (Wildman–Crippen LogP) is 2.71. The summed E-state index contributed by atoms with van der Waals surface area (Å²) in [6.45, 7) is 3.94. The van der Waals surface area contributed by atoms with E-state index in [4.69, 9.17) is 16.1 Å². The summed E-state index contributed by atoms with van der Waals surface area (Å²) in [5, 5.41) is 0. The minimum Gasteiger partial charge on any atom is -0.326 e. The van der Waals surface area contributed by atoms with Crippen molar-refractivity contribution in [2.24, 2.45) is 5.92 Å². The summed E-state index contributed by atoms with van der Waals surface area (Å²) in [6, 6.07) is 0. The van der Waals surface area contributed by atoms with Gasteiger partial charge < -0.3 is 4.89 Å². The number of halogens is 1. The van der Waals surface area contributed by atoms with Crippen molar-refractivity contribution in [2.45, 2.75) is 13.8 Å². The topological polar surface area (TPSA) is 37.3 Å². The van der Waals surface area contributed by atoms with E-state index in [1.165, 1.54) is 0 Å². The van der Waals surface area contributed by atoms with Gasteiger partial charge in [0.15, 0.2) is 0 Å². The molecule has 56 valence electrons. The van der Waals surface area contributed by atoms with Gasteiger partial charge in [0.05, 0.1) is 0 Å². The highest BCUT2D eigenvalue weighted by molar-refractivity contribution is 8.63. The average Bonchev–Trinajstić information content (AvgIpc) is 1.59. The van der Waals surface area contributed by atoms with Crippen LogP contribution in [0, 0.1) is 5.92 Å². The molecule has 2 nitrogen and oxygen atoms in total. The van der Waals surface area contributed by atoms with Gasteiger partial charge in [0.1, 0.15) is 0 Å². The van der Waals surface area contributed by atoms with E-state index < -0.39 is 5.92 Å². The highest BCUT2D eigenvalue weighted by atomic mass is 35.7. The minimum atomic E-state index is -3.33. The first kappa shape index (κ1) is 9.83. The summed E-state index contributed by atoms with van der Waals surface area (Å²) in [7, 11) is 0. The van der Waals surface area contributed by atoms with Gasteiger partial charge in [-0.25, -0.2) is 0 Å². The molecule has 1 N–H and O–H groups in total. The molecule has 1 unspecified atom stereocenters. The van der Waals surface area contributed by atoms with Crippen molar-refractivity contribution in [3.63, 3.8) is 0 Å². The van der Waals surface area contributed by atoms with E-state index >= 15 is 0 Å². The molecule has 0 heterocycles. The van der Waals surface area contributed by atoms with Gasteiger partial charge in [-0.3, -0.25) is 4.57 Å². The van der Waals surface area contributed by atoms with Gasteiger partial charge in [-0.05, 0) is 17.2 Å². The van der Waals surface area contributed by atoms with Crippen molar-refractivity contribution >= 4 is 28.5 Å². The molecule has 0 amide bonds. The van der Waals surface area contributed by atoms with E-state index in [1.807, 2.05) is 13.8 Å². The van der Waals surface area contributed by atoms with E-state index in [9.17, 15) is 4.57 Å². The Hall–Kier alpha value is 0.830. The molecule has 9 heavy (non-hydrogen) atoms. The SMILES string of the molecule is CC(C)CSP(=O)(O)Cl. The van der Waals surface area contributed by atoms with Crippen molar-refractivity contribution in [1.82, 2.24) is 0 Å². The van der Waals surface area contributed by atoms with Gasteiger partial charge in [-0.2, -0.15) is 0 Å². The van der Waals surface area contributed by atoms with Crippen LogP contribution < -0.4 is 0 Å². The Morgan fingerprint density at radius 1 is 1.78 bits per heavy atom. The zero-order valence-corrected chi connectivity index (χ0v) is 7.84. The molecule has 0 aromatic heterocycles. The first-order valence-electron chi connectivity index (χ1n) is 2.59. The van der Waals surface area contributed by atoms with Gasteiger partial charge in [0.2, 0.25) is 0 Å². The summed E-state index contributed by atoms with van der Waals surface area (Å²) in [5.74, 6) is -2.28. The van der Waals surface area contributed by atoms with E-state index in [1.54, 1.807) is 0 Å². The van der Waals surface area contributed by atoms with Gasteiger partial charge in [-0.1, -0.05) is 25.2 Å². The largest absolute Gasteiger partial charge is 0.343 e. The molecular formula is C4H10ClO2PS. The molecule has 0 aliphatic heterocycles. The van der Waals surface area contributed by atoms with Crippen LogP contribution in [0.1, 0.15) is 13.8 Å². The molecule has 0 aliphatic rings. The van der Waals surface area contributed by atoms with E-state index in [0.717, 1.165) is 11.4 Å². The van der Waals surface area contributed by atoms with Crippen molar-refractivity contribution in [2.75, 3.05) is 5.75 Å². The standard InChI is InChI=1S/C4H10ClO2PS/c1-4(2)3-9-8(5,6)7/h4H,3H2,1-2H3,(H,6,7). The fourth-order valence-corrected chi connectivity index (χ4v) is 2.68. The minimum absolute atomic E-state index is 0.411. The Morgan fingerprint density at radius 3 is 2.33 bits per heavy atom. The lowest BCUT2D eigenvalue weighted by Gasteiger charge is -2.03. The quantitative estimate of drug-likeness (QED) is 0.692. The first-order valence-corrected chi connectivity index (χ1v) is 6.74. The molecule has 0 saturated carbocycles. The second kappa shape index (κ2) is 3.87.